The zero-order valence-corrected chi connectivity index (χ0v) is 15.7. The summed E-state index contributed by atoms with van der Waals surface area (Å²) in [4.78, 5) is 33.6. The van der Waals surface area contributed by atoms with Crippen molar-refractivity contribution < 1.29 is 49.9 Å². The molecule has 30 heavy (non-hydrogen) atoms. The Balaban J connectivity index is 2.56. The van der Waals surface area contributed by atoms with E-state index in [1.165, 1.54) is 0 Å². The SMILES string of the molecule is CC(=O)N[C@@H]1[C@@H](O)C(c2ccc([N+](=O)[O-])cc2)[C@](O)(C(=O)O)O[C@H]1C(O)[C@H](O)CO. The second kappa shape index (κ2) is 8.99. The molecular weight excluding hydrogens is 408 g/mol. The molecule has 166 valence electrons. The van der Waals surface area contributed by atoms with Gasteiger partial charge in [0.25, 0.3) is 11.5 Å². The van der Waals surface area contributed by atoms with E-state index in [0.717, 1.165) is 31.2 Å². The monoisotopic (exact) mass is 430 g/mol. The number of hydrogen-bond acceptors (Lipinski definition) is 10. The lowest BCUT2D eigenvalue weighted by atomic mass is 9.76. The van der Waals surface area contributed by atoms with Gasteiger partial charge in [-0.3, -0.25) is 14.9 Å². The zero-order valence-electron chi connectivity index (χ0n) is 15.7. The highest BCUT2D eigenvalue weighted by molar-refractivity contribution is 5.78. The highest BCUT2D eigenvalue weighted by Crippen LogP contribution is 2.42. The Labute approximate surface area is 169 Å². The average molecular weight is 430 g/mol. The van der Waals surface area contributed by atoms with Gasteiger partial charge >= 0.3 is 5.97 Å². The van der Waals surface area contributed by atoms with Crippen LogP contribution >= 0.6 is 0 Å². The van der Waals surface area contributed by atoms with Crippen LogP contribution in [-0.4, -0.2) is 90.3 Å². The Hall–Kier alpha value is -2.68. The minimum atomic E-state index is -3.15. The fourth-order valence-corrected chi connectivity index (χ4v) is 3.41. The van der Waals surface area contributed by atoms with Crippen LogP contribution in [0.5, 0.6) is 0 Å². The van der Waals surface area contributed by atoms with Crippen LogP contribution in [0, 0.1) is 10.1 Å². The summed E-state index contributed by atoms with van der Waals surface area (Å²) in [5.41, 5.74) is -0.398. The number of carbonyl (C=O) groups excluding carboxylic acids is 1. The second-order valence-electron chi connectivity index (χ2n) is 6.87. The third kappa shape index (κ3) is 4.40. The van der Waals surface area contributed by atoms with Crippen LogP contribution < -0.4 is 5.32 Å². The van der Waals surface area contributed by atoms with Gasteiger partial charge in [0.15, 0.2) is 0 Å². The standard InChI is InChI=1S/C17H22N2O11/c1-7(21)18-12-14(24)11(8-2-4-9(5-3-8)19(28)29)17(27,16(25)26)30-15(12)13(23)10(22)6-20/h2-5,10-15,20,22-24,27H,6H2,1H3,(H,18,21)(H,25,26)/t10-,11?,12-,13?,14+,15-,17-/m1/s1. The highest BCUT2D eigenvalue weighted by Gasteiger charge is 2.60. The topological polar surface area (TPSA) is 220 Å². The van der Waals surface area contributed by atoms with Crippen molar-refractivity contribution in [3.05, 3.63) is 39.9 Å². The third-order valence-corrected chi connectivity index (χ3v) is 4.86. The molecule has 2 unspecified atom stereocenters. The molecule has 1 heterocycles. The zero-order chi connectivity index (χ0) is 22.8. The van der Waals surface area contributed by atoms with Crippen LogP contribution in [0.15, 0.2) is 24.3 Å². The van der Waals surface area contributed by atoms with Crippen LogP contribution in [0.3, 0.4) is 0 Å². The van der Waals surface area contributed by atoms with Gasteiger partial charge in [-0.15, -0.1) is 0 Å². The molecule has 0 saturated carbocycles. The lowest BCUT2D eigenvalue weighted by Gasteiger charge is -2.49. The number of nitro groups is 1. The summed E-state index contributed by atoms with van der Waals surface area (Å²) < 4.78 is 5.18. The molecule has 7 N–H and O–H groups in total. The number of non-ortho nitro benzene ring substituents is 1. The number of benzene rings is 1. The van der Waals surface area contributed by atoms with Crippen molar-refractivity contribution in [2.45, 2.75) is 49.1 Å². The van der Waals surface area contributed by atoms with Gasteiger partial charge in [0.05, 0.1) is 29.6 Å². The Morgan fingerprint density at radius 2 is 1.87 bits per heavy atom. The molecule has 2 rings (SSSR count). The third-order valence-electron chi connectivity index (χ3n) is 4.86. The number of aliphatic hydroxyl groups excluding tert-OH is 4. The molecule has 0 radical (unpaired) electrons. The quantitative estimate of drug-likeness (QED) is 0.176. The minimum Gasteiger partial charge on any atom is -0.477 e. The van der Waals surface area contributed by atoms with Crippen LogP contribution in [0.1, 0.15) is 18.4 Å². The Kier molecular flexibility index (Phi) is 7.07. The first-order valence-electron chi connectivity index (χ1n) is 8.74. The van der Waals surface area contributed by atoms with Crippen molar-refractivity contribution in [1.29, 1.82) is 0 Å². The number of nitro benzene ring substituents is 1. The van der Waals surface area contributed by atoms with Crippen LogP contribution in [0.25, 0.3) is 0 Å². The summed E-state index contributed by atoms with van der Waals surface area (Å²) in [6, 6.07) is 2.74. The number of ether oxygens (including phenoxy) is 1. The maximum Gasteiger partial charge on any atom is 0.365 e. The smallest absolute Gasteiger partial charge is 0.365 e. The molecule has 1 amide bonds. The van der Waals surface area contributed by atoms with Gasteiger partial charge in [-0.2, -0.15) is 0 Å². The second-order valence-corrected chi connectivity index (χ2v) is 6.87. The van der Waals surface area contributed by atoms with E-state index in [4.69, 9.17) is 9.84 Å². The summed E-state index contributed by atoms with van der Waals surface area (Å²) in [7, 11) is 0. The number of hydrogen-bond donors (Lipinski definition) is 7. The fourth-order valence-electron chi connectivity index (χ4n) is 3.41. The number of aliphatic hydroxyl groups is 5. The summed E-state index contributed by atoms with van der Waals surface area (Å²) >= 11 is 0. The van der Waals surface area contributed by atoms with Gasteiger partial charge in [-0.05, 0) is 5.56 Å². The van der Waals surface area contributed by atoms with E-state index in [-0.39, 0.29) is 11.3 Å². The number of amides is 1. The molecule has 0 aromatic heterocycles. The van der Waals surface area contributed by atoms with Gasteiger partial charge < -0.3 is 40.7 Å². The van der Waals surface area contributed by atoms with Crippen molar-refractivity contribution >= 4 is 17.6 Å². The van der Waals surface area contributed by atoms with E-state index in [1.807, 2.05) is 0 Å². The number of carboxylic acids is 1. The number of nitrogens with zero attached hydrogens (tertiary/aromatic N) is 1. The minimum absolute atomic E-state index is 0.0657. The lowest BCUT2D eigenvalue weighted by molar-refractivity contribution is -0.384. The van der Waals surface area contributed by atoms with Crippen molar-refractivity contribution in [3.8, 4) is 0 Å². The summed E-state index contributed by atoms with van der Waals surface area (Å²) in [5.74, 6) is -7.56. The summed E-state index contributed by atoms with van der Waals surface area (Å²) in [5, 5.41) is 73.3. The van der Waals surface area contributed by atoms with Crippen LogP contribution in [0.4, 0.5) is 5.69 Å². The van der Waals surface area contributed by atoms with Crippen molar-refractivity contribution in [1.82, 2.24) is 5.32 Å². The molecule has 1 saturated heterocycles. The normalized spacial score (nSPS) is 30.9. The predicted octanol–water partition coefficient (Wildman–Crippen LogP) is -2.57. The number of aliphatic carboxylic acids is 1. The molecule has 7 atom stereocenters. The molecule has 1 aliphatic heterocycles. The molecule has 1 aromatic rings. The number of carbonyl (C=O) groups is 2. The van der Waals surface area contributed by atoms with Crippen molar-refractivity contribution in [3.63, 3.8) is 0 Å². The largest absolute Gasteiger partial charge is 0.477 e. The average Bonchev–Trinajstić information content (AvgIpc) is 2.68. The van der Waals surface area contributed by atoms with E-state index >= 15 is 0 Å². The van der Waals surface area contributed by atoms with Crippen LogP contribution in [-0.2, 0) is 14.3 Å². The van der Waals surface area contributed by atoms with Gasteiger partial charge in [0, 0.05) is 19.1 Å². The molecular formula is C17H22N2O11. The molecule has 1 aliphatic rings. The van der Waals surface area contributed by atoms with Gasteiger partial charge in [-0.25, -0.2) is 4.79 Å². The molecule has 13 nitrogen and oxygen atoms in total. The fraction of sp³-hybridized carbons (Fsp3) is 0.529. The van der Waals surface area contributed by atoms with Crippen molar-refractivity contribution in [2.75, 3.05) is 6.61 Å². The molecule has 0 aliphatic carbocycles. The Morgan fingerprint density at radius 1 is 1.30 bits per heavy atom. The maximum absolute atomic E-state index is 11.8. The van der Waals surface area contributed by atoms with Crippen molar-refractivity contribution in [2.24, 2.45) is 0 Å². The number of rotatable bonds is 7. The first-order chi connectivity index (χ1) is 13.9. The van der Waals surface area contributed by atoms with Gasteiger partial charge in [0.1, 0.15) is 18.3 Å². The van der Waals surface area contributed by atoms with E-state index in [0.29, 0.717) is 0 Å². The van der Waals surface area contributed by atoms with Gasteiger partial charge in [-0.1, -0.05) is 12.1 Å². The van der Waals surface area contributed by atoms with E-state index < -0.39 is 65.6 Å². The molecule has 1 aromatic carbocycles. The molecule has 0 bridgehead atoms. The van der Waals surface area contributed by atoms with Gasteiger partial charge in [0.2, 0.25) is 5.91 Å². The summed E-state index contributed by atoms with van der Waals surface area (Å²) in [6.45, 7) is 0.110. The number of nitrogens with one attached hydrogen (secondary N) is 1. The molecule has 13 heteroatoms. The van der Waals surface area contributed by atoms with E-state index in [1.54, 1.807) is 0 Å². The van der Waals surface area contributed by atoms with E-state index in [9.17, 15) is 45.2 Å². The number of carboxylic acid groups (broad SMARTS) is 1. The summed E-state index contributed by atoms with van der Waals surface area (Å²) in [6.07, 6.45) is -7.55. The Bertz CT molecular complexity index is 801. The predicted molar refractivity (Wildman–Crippen MR) is 96.0 cm³/mol. The Morgan fingerprint density at radius 3 is 2.30 bits per heavy atom. The lowest BCUT2D eigenvalue weighted by Crippen LogP contribution is -2.70. The van der Waals surface area contributed by atoms with Crippen LogP contribution in [0.2, 0.25) is 0 Å². The first kappa shape index (κ1) is 23.6. The van der Waals surface area contributed by atoms with E-state index in [2.05, 4.69) is 5.32 Å². The maximum atomic E-state index is 11.8. The highest BCUT2D eigenvalue weighted by atomic mass is 16.7. The first-order valence-corrected chi connectivity index (χ1v) is 8.74. The molecule has 1 fully saturated rings. The molecule has 0 spiro atoms.